The predicted molar refractivity (Wildman–Crippen MR) is 109 cm³/mol. The van der Waals surface area contributed by atoms with Gasteiger partial charge in [-0.25, -0.2) is 0 Å². The molecule has 0 N–H and O–H groups in total. The van der Waals surface area contributed by atoms with E-state index in [2.05, 4.69) is 11.9 Å². The summed E-state index contributed by atoms with van der Waals surface area (Å²) in [4.78, 5) is 17.4. The van der Waals surface area contributed by atoms with Crippen molar-refractivity contribution in [1.82, 2.24) is 4.57 Å². The first-order chi connectivity index (χ1) is 13.2. The largest absolute Gasteiger partial charge is 0.495 e. The SMILES string of the molecule is CCCn1c(=NC(=O)/C=C/c2ccccc2)sc2c(OC)ccc(OC)c21. The minimum Gasteiger partial charge on any atom is -0.495 e. The van der Waals surface area contributed by atoms with E-state index in [1.807, 2.05) is 47.0 Å². The smallest absolute Gasteiger partial charge is 0.272 e. The molecular weight excluding hydrogens is 360 g/mol. The molecule has 1 heterocycles. The summed E-state index contributed by atoms with van der Waals surface area (Å²) in [6, 6.07) is 13.4. The van der Waals surface area contributed by atoms with Crippen LogP contribution >= 0.6 is 11.3 Å². The van der Waals surface area contributed by atoms with Crippen LogP contribution in [0.2, 0.25) is 0 Å². The van der Waals surface area contributed by atoms with Gasteiger partial charge in [0.25, 0.3) is 5.91 Å². The van der Waals surface area contributed by atoms with Crippen molar-refractivity contribution >= 4 is 33.5 Å². The number of rotatable bonds is 6. The Kier molecular flexibility index (Phi) is 6.08. The summed E-state index contributed by atoms with van der Waals surface area (Å²) in [6.07, 6.45) is 4.17. The highest BCUT2D eigenvalue weighted by Gasteiger charge is 2.15. The van der Waals surface area contributed by atoms with Crippen LogP contribution in [-0.4, -0.2) is 24.7 Å². The van der Waals surface area contributed by atoms with Gasteiger partial charge in [0, 0.05) is 12.6 Å². The van der Waals surface area contributed by atoms with Crippen molar-refractivity contribution in [2.45, 2.75) is 19.9 Å². The molecule has 3 rings (SSSR count). The molecule has 0 saturated carbocycles. The van der Waals surface area contributed by atoms with E-state index >= 15 is 0 Å². The van der Waals surface area contributed by atoms with Gasteiger partial charge in [-0.2, -0.15) is 4.99 Å². The maximum Gasteiger partial charge on any atom is 0.272 e. The Morgan fingerprint density at radius 1 is 1.11 bits per heavy atom. The molecule has 0 spiro atoms. The van der Waals surface area contributed by atoms with Gasteiger partial charge in [0.05, 0.1) is 14.2 Å². The maximum absolute atomic E-state index is 12.4. The molecule has 0 unspecified atom stereocenters. The number of amides is 1. The topological polar surface area (TPSA) is 52.8 Å². The molecule has 6 heteroatoms. The maximum atomic E-state index is 12.4. The molecule has 0 aliphatic heterocycles. The lowest BCUT2D eigenvalue weighted by atomic mass is 10.2. The minimum atomic E-state index is -0.298. The molecule has 1 amide bonds. The quantitative estimate of drug-likeness (QED) is 0.598. The van der Waals surface area contributed by atoms with Gasteiger partial charge in [-0.3, -0.25) is 4.79 Å². The van der Waals surface area contributed by atoms with Crippen LogP contribution in [0.1, 0.15) is 18.9 Å². The first kappa shape index (κ1) is 18.9. The zero-order valence-electron chi connectivity index (χ0n) is 15.6. The third kappa shape index (κ3) is 4.11. The van der Waals surface area contributed by atoms with E-state index in [4.69, 9.17) is 9.47 Å². The van der Waals surface area contributed by atoms with Crippen LogP contribution in [0, 0.1) is 0 Å². The standard InChI is InChI=1S/C21H22N2O3S/c1-4-14-23-19-16(25-2)11-12-17(26-3)20(19)27-21(23)22-18(24)13-10-15-8-6-5-7-9-15/h5-13H,4,14H2,1-3H3/b13-10+,22-21?. The molecule has 2 aromatic carbocycles. The molecule has 3 aromatic rings. The van der Waals surface area contributed by atoms with Crippen LogP contribution in [0.5, 0.6) is 11.5 Å². The molecule has 0 bridgehead atoms. The lowest BCUT2D eigenvalue weighted by molar-refractivity contribution is -0.113. The lowest BCUT2D eigenvalue weighted by Gasteiger charge is -2.09. The van der Waals surface area contributed by atoms with Crippen molar-refractivity contribution < 1.29 is 14.3 Å². The molecule has 0 saturated heterocycles. The number of nitrogens with zero attached hydrogens (tertiary/aromatic N) is 2. The molecule has 27 heavy (non-hydrogen) atoms. The van der Waals surface area contributed by atoms with Crippen LogP contribution in [0.3, 0.4) is 0 Å². The number of aryl methyl sites for hydroxylation is 1. The lowest BCUT2D eigenvalue weighted by Crippen LogP contribution is -2.16. The van der Waals surface area contributed by atoms with E-state index in [0.29, 0.717) is 4.80 Å². The Labute approximate surface area is 162 Å². The second-order valence-electron chi connectivity index (χ2n) is 5.88. The number of carbonyl (C=O) groups is 1. The summed E-state index contributed by atoms with van der Waals surface area (Å²) in [5.41, 5.74) is 1.87. The normalized spacial score (nSPS) is 12.0. The molecule has 0 radical (unpaired) electrons. The Balaban J connectivity index is 2.09. The van der Waals surface area contributed by atoms with Crippen molar-refractivity contribution in [3.63, 3.8) is 0 Å². The van der Waals surface area contributed by atoms with E-state index < -0.39 is 0 Å². The molecule has 0 aliphatic carbocycles. The van der Waals surface area contributed by atoms with Gasteiger partial charge >= 0.3 is 0 Å². The Morgan fingerprint density at radius 2 is 1.81 bits per heavy atom. The monoisotopic (exact) mass is 382 g/mol. The fourth-order valence-corrected chi connectivity index (χ4v) is 4.00. The van der Waals surface area contributed by atoms with Crippen molar-refractivity contribution in [2.24, 2.45) is 4.99 Å². The van der Waals surface area contributed by atoms with Gasteiger partial charge < -0.3 is 14.0 Å². The molecular formula is C21H22N2O3S. The zero-order chi connectivity index (χ0) is 19.2. The van der Waals surface area contributed by atoms with E-state index in [1.54, 1.807) is 20.3 Å². The number of ether oxygens (including phenoxy) is 2. The highest BCUT2D eigenvalue weighted by molar-refractivity contribution is 7.16. The third-order valence-electron chi connectivity index (χ3n) is 4.06. The van der Waals surface area contributed by atoms with E-state index in [9.17, 15) is 4.79 Å². The van der Waals surface area contributed by atoms with Gasteiger partial charge in [0.1, 0.15) is 21.7 Å². The Hall–Kier alpha value is -2.86. The second-order valence-corrected chi connectivity index (χ2v) is 6.86. The third-order valence-corrected chi connectivity index (χ3v) is 5.16. The minimum absolute atomic E-state index is 0.298. The van der Waals surface area contributed by atoms with Gasteiger partial charge in [0.15, 0.2) is 4.80 Å². The number of benzene rings is 2. The fourth-order valence-electron chi connectivity index (χ4n) is 2.83. The summed E-state index contributed by atoms with van der Waals surface area (Å²) >= 11 is 1.43. The second kappa shape index (κ2) is 8.68. The number of hydrogen-bond donors (Lipinski definition) is 0. The van der Waals surface area contributed by atoms with Crippen LogP contribution in [0.25, 0.3) is 16.3 Å². The highest BCUT2D eigenvalue weighted by atomic mass is 32.1. The molecule has 1 aromatic heterocycles. The van der Waals surface area contributed by atoms with Gasteiger partial charge in [-0.15, -0.1) is 0 Å². The van der Waals surface area contributed by atoms with E-state index in [-0.39, 0.29) is 5.91 Å². The first-order valence-electron chi connectivity index (χ1n) is 8.74. The molecule has 5 nitrogen and oxygen atoms in total. The van der Waals surface area contributed by atoms with Crippen molar-refractivity contribution in [2.75, 3.05) is 14.2 Å². The van der Waals surface area contributed by atoms with Crippen LogP contribution < -0.4 is 14.3 Å². The van der Waals surface area contributed by atoms with Crippen molar-refractivity contribution in [1.29, 1.82) is 0 Å². The summed E-state index contributed by atoms with van der Waals surface area (Å²) in [6.45, 7) is 2.82. The molecule has 0 aliphatic rings. The Morgan fingerprint density at radius 3 is 2.48 bits per heavy atom. The summed E-state index contributed by atoms with van der Waals surface area (Å²) in [7, 11) is 3.27. The highest BCUT2D eigenvalue weighted by Crippen LogP contribution is 2.35. The first-order valence-corrected chi connectivity index (χ1v) is 9.55. The average molecular weight is 382 g/mol. The number of thiazole rings is 1. The molecule has 0 fully saturated rings. The fraction of sp³-hybridized carbons (Fsp3) is 0.238. The number of hydrogen-bond acceptors (Lipinski definition) is 4. The van der Waals surface area contributed by atoms with Crippen LogP contribution in [-0.2, 0) is 11.3 Å². The van der Waals surface area contributed by atoms with Crippen LogP contribution in [0.4, 0.5) is 0 Å². The average Bonchev–Trinajstić information content (AvgIpc) is 3.05. The molecule has 0 atom stereocenters. The summed E-state index contributed by atoms with van der Waals surface area (Å²) in [5.74, 6) is 1.19. The molecule has 140 valence electrons. The van der Waals surface area contributed by atoms with Crippen molar-refractivity contribution in [3.05, 3.63) is 58.9 Å². The number of aromatic nitrogens is 1. The van der Waals surface area contributed by atoms with Gasteiger partial charge in [-0.1, -0.05) is 48.6 Å². The number of carbonyl (C=O) groups excluding carboxylic acids is 1. The van der Waals surface area contributed by atoms with Gasteiger partial charge in [-0.05, 0) is 30.2 Å². The van der Waals surface area contributed by atoms with Gasteiger partial charge in [0.2, 0.25) is 0 Å². The van der Waals surface area contributed by atoms with Crippen LogP contribution in [0.15, 0.2) is 53.5 Å². The summed E-state index contributed by atoms with van der Waals surface area (Å²) in [5, 5.41) is 0. The zero-order valence-corrected chi connectivity index (χ0v) is 16.5. The predicted octanol–water partition coefficient (Wildman–Crippen LogP) is 4.27. The van der Waals surface area contributed by atoms with Crippen molar-refractivity contribution in [3.8, 4) is 11.5 Å². The van der Waals surface area contributed by atoms with E-state index in [1.165, 1.54) is 17.4 Å². The summed E-state index contributed by atoms with van der Waals surface area (Å²) < 4.78 is 14.0. The Bertz CT molecular complexity index is 1030. The number of fused-ring (bicyclic) bond motifs is 1. The number of methoxy groups -OCH3 is 2. The van der Waals surface area contributed by atoms with E-state index in [0.717, 1.165) is 40.2 Å².